The number of carbonyl (C=O) groups is 2. The number of carbonyl (C=O) groups excluding carboxylic acids is 2. The maximum atomic E-state index is 13.1. The van der Waals surface area contributed by atoms with E-state index >= 15 is 0 Å². The molecule has 1 aliphatic rings. The number of amides is 2. The van der Waals surface area contributed by atoms with E-state index in [1.54, 1.807) is 54.6 Å². The Hall–Kier alpha value is -3.74. The van der Waals surface area contributed by atoms with E-state index in [4.69, 9.17) is 14.2 Å². The van der Waals surface area contributed by atoms with Crippen molar-refractivity contribution in [1.29, 1.82) is 5.26 Å². The first-order valence-corrected chi connectivity index (χ1v) is 12.0. The Bertz CT molecular complexity index is 1380. The zero-order chi connectivity index (χ0) is 24.9. The first-order chi connectivity index (χ1) is 17.0. The van der Waals surface area contributed by atoms with Gasteiger partial charge in [0.25, 0.3) is 11.1 Å². The van der Waals surface area contributed by atoms with Crippen LogP contribution in [0.4, 0.5) is 10.5 Å². The highest BCUT2D eigenvalue weighted by Crippen LogP contribution is 2.41. The van der Waals surface area contributed by atoms with E-state index in [9.17, 15) is 14.9 Å². The van der Waals surface area contributed by atoms with E-state index in [1.807, 2.05) is 12.1 Å². The molecule has 4 rings (SSSR count). The summed E-state index contributed by atoms with van der Waals surface area (Å²) >= 11 is 4.37. The van der Waals surface area contributed by atoms with Gasteiger partial charge < -0.3 is 14.2 Å². The van der Waals surface area contributed by atoms with Gasteiger partial charge in [0.05, 0.1) is 36.4 Å². The molecule has 0 radical (unpaired) electrons. The summed E-state index contributed by atoms with van der Waals surface area (Å²) in [6.07, 6.45) is 1.63. The van der Waals surface area contributed by atoms with Crippen LogP contribution in [-0.2, 0) is 11.4 Å². The standard InChI is InChI=1S/C26H19BrN2O5S/c1-32-21-10-6-5-9-20(21)29-25(30)24(35-26(29)31)12-18-11-22(33-2)23(13-19(18)27)34-15-17-8-4-3-7-16(17)14-28/h3-13H,15H2,1-2H3/b24-12-. The third kappa shape index (κ3) is 5.04. The largest absolute Gasteiger partial charge is 0.495 e. The van der Waals surface area contributed by atoms with Gasteiger partial charge in [-0.15, -0.1) is 0 Å². The van der Waals surface area contributed by atoms with E-state index in [0.717, 1.165) is 22.2 Å². The van der Waals surface area contributed by atoms with Crippen molar-refractivity contribution in [3.63, 3.8) is 0 Å². The molecule has 1 aliphatic heterocycles. The second-order valence-corrected chi connectivity index (χ2v) is 9.12. The summed E-state index contributed by atoms with van der Waals surface area (Å²) in [7, 11) is 3.00. The third-order valence-corrected chi connectivity index (χ3v) is 6.77. The number of hydrogen-bond acceptors (Lipinski definition) is 7. The lowest BCUT2D eigenvalue weighted by Gasteiger charge is -2.16. The predicted molar refractivity (Wildman–Crippen MR) is 138 cm³/mol. The lowest BCUT2D eigenvalue weighted by molar-refractivity contribution is -0.113. The van der Waals surface area contributed by atoms with Gasteiger partial charge in [0, 0.05) is 10.0 Å². The van der Waals surface area contributed by atoms with Gasteiger partial charge >= 0.3 is 0 Å². The Kier molecular flexibility index (Phi) is 7.44. The minimum Gasteiger partial charge on any atom is -0.495 e. The van der Waals surface area contributed by atoms with E-state index in [1.165, 1.54) is 14.2 Å². The second kappa shape index (κ2) is 10.7. The minimum absolute atomic E-state index is 0.184. The van der Waals surface area contributed by atoms with Gasteiger partial charge in [-0.3, -0.25) is 9.59 Å². The van der Waals surface area contributed by atoms with Crippen molar-refractivity contribution in [2.24, 2.45) is 0 Å². The molecule has 2 amide bonds. The topological polar surface area (TPSA) is 88.9 Å². The van der Waals surface area contributed by atoms with Crippen molar-refractivity contribution in [3.8, 4) is 23.3 Å². The highest BCUT2D eigenvalue weighted by Gasteiger charge is 2.37. The van der Waals surface area contributed by atoms with Gasteiger partial charge in [0.2, 0.25) is 0 Å². The van der Waals surface area contributed by atoms with Gasteiger partial charge in [0.15, 0.2) is 11.5 Å². The fourth-order valence-electron chi connectivity index (χ4n) is 3.48. The van der Waals surface area contributed by atoms with Crippen LogP contribution in [0.1, 0.15) is 16.7 Å². The number of benzene rings is 3. The number of thioether (sulfide) groups is 1. The van der Waals surface area contributed by atoms with Crippen LogP contribution < -0.4 is 19.1 Å². The first-order valence-electron chi connectivity index (χ1n) is 10.4. The quantitative estimate of drug-likeness (QED) is 0.325. The molecule has 1 fully saturated rings. The van der Waals surface area contributed by atoms with Crippen LogP contribution in [0.2, 0.25) is 0 Å². The number of imide groups is 1. The highest BCUT2D eigenvalue weighted by molar-refractivity contribution is 9.10. The van der Waals surface area contributed by atoms with Crippen LogP contribution in [0, 0.1) is 11.3 Å². The zero-order valence-electron chi connectivity index (χ0n) is 18.8. The molecule has 0 bridgehead atoms. The summed E-state index contributed by atoms with van der Waals surface area (Å²) in [4.78, 5) is 27.2. The molecule has 0 aromatic heterocycles. The second-order valence-electron chi connectivity index (χ2n) is 7.27. The zero-order valence-corrected chi connectivity index (χ0v) is 21.2. The Morgan fingerprint density at radius 3 is 2.46 bits per heavy atom. The van der Waals surface area contributed by atoms with Gasteiger partial charge in [-0.1, -0.05) is 46.3 Å². The van der Waals surface area contributed by atoms with Crippen molar-refractivity contribution in [2.75, 3.05) is 19.1 Å². The first kappa shape index (κ1) is 24.4. The van der Waals surface area contributed by atoms with Crippen LogP contribution in [0.15, 0.2) is 70.0 Å². The summed E-state index contributed by atoms with van der Waals surface area (Å²) in [6.45, 7) is 0.184. The molecule has 9 heteroatoms. The number of anilines is 1. The Morgan fingerprint density at radius 1 is 1.00 bits per heavy atom. The molecule has 3 aromatic carbocycles. The molecule has 1 heterocycles. The van der Waals surface area contributed by atoms with Gasteiger partial charge in [-0.05, 0) is 53.7 Å². The van der Waals surface area contributed by atoms with E-state index < -0.39 is 11.1 Å². The minimum atomic E-state index is -0.441. The molecule has 1 saturated heterocycles. The summed E-state index contributed by atoms with van der Waals surface area (Å²) in [5.41, 5.74) is 2.31. The monoisotopic (exact) mass is 550 g/mol. The van der Waals surface area contributed by atoms with Crippen LogP contribution >= 0.6 is 27.7 Å². The Labute approximate surface area is 215 Å². The molecule has 7 nitrogen and oxygen atoms in total. The average Bonchev–Trinajstić information content (AvgIpc) is 3.16. The number of nitrogens with zero attached hydrogens (tertiary/aromatic N) is 2. The summed E-state index contributed by atoms with van der Waals surface area (Å²) in [6, 6.07) is 19.6. The summed E-state index contributed by atoms with van der Waals surface area (Å²) < 4.78 is 17.4. The Balaban J connectivity index is 1.61. The maximum Gasteiger partial charge on any atom is 0.298 e. The number of ether oxygens (including phenoxy) is 3. The van der Waals surface area contributed by atoms with Crippen molar-refractivity contribution in [2.45, 2.75) is 6.61 Å². The lowest BCUT2D eigenvalue weighted by atomic mass is 10.1. The van der Waals surface area contributed by atoms with Crippen molar-refractivity contribution in [3.05, 3.63) is 86.7 Å². The van der Waals surface area contributed by atoms with Gasteiger partial charge in [-0.25, -0.2) is 4.90 Å². The number of rotatable bonds is 7. The fourth-order valence-corrected chi connectivity index (χ4v) is 4.74. The van der Waals surface area contributed by atoms with Crippen molar-refractivity contribution < 1.29 is 23.8 Å². The van der Waals surface area contributed by atoms with Gasteiger partial charge in [-0.2, -0.15) is 5.26 Å². The smallest absolute Gasteiger partial charge is 0.298 e. The van der Waals surface area contributed by atoms with E-state index in [2.05, 4.69) is 22.0 Å². The number of nitriles is 1. The third-order valence-electron chi connectivity index (χ3n) is 5.21. The molecule has 0 unspecified atom stereocenters. The average molecular weight is 551 g/mol. The number of para-hydroxylation sites is 2. The number of hydrogen-bond donors (Lipinski definition) is 0. The van der Waals surface area contributed by atoms with Crippen molar-refractivity contribution in [1.82, 2.24) is 0 Å². The predicted octanol–water partition coefficient (Wildman–Crippen LogP) is 6.16. The highest BCUT2D eigenvalue weighted by atomic mass is 79.9. The Morgan fingerprint density at radius 2 is 1.71 bits per heavy atom. The molecule has 0 N–H and O–H groups in total. The van der Waals surface area contributed by atoms with Crippen LogP contribution in [0.5, 0.6) is 17.2 Å². The normalized spacial score (nSPS) is 14.2. The summed E-state index contributed by atoms with van der Waals surface area (Å²) in [5, 5.41) is 8.87. The van der Waals surface area contributed by atoms with Crippen LogP contribution in [0.25, 0.3) is 6.08 Å². The molecule has 3 aromatic rings. The van der Waals surface area contributed by atoms with Crippen LogP contribution in [0.3, 0.4) is 0 Å². The molecule has 35 heavy (non-hydrogen) atoms. The van der Waals surface area contributed by atoms with Crippen molar-refractivity contribution >= 4 is 50.6 Å². The fraction of sp³-hybridized carbons (Fsp3) is 0.115. The lowest BCUT2D eigenvalue weighted by Crippen LogP contribution is -2.28. The van der Waals surface area contributed by atoms with Gasteiger partial charge in [0.1, 0.15) is 12.4 Å². The molecule has 0 atom stereocenters. The van der Waals surface area contributed by atoms with E-state index in [-0.39, 0.29) is 11.5 Å². The number of methoxy groups -OCH3 is 2. The molecule has 176 valence electrons. The van der Waals surface area contributed by atoms with E-state index in [0.29, 0.717) is 38.5 Å². The summed E-state index contributed by atoms with van der Waals surface area (Å²) in [5.74, 6) is 0.895. The SMILES string of the molecule is COc1cc(/C=C2\SC(=O)N(c3ccccc3OC)C2=O)c(Br)cc1OCc1ccccc1C#N. The molecule has 0 aliphatic carbocycles. The molecule has 0 spiro atoms. The molecular formula is C26H19BrN2O5S. The van der Waals surface area contributed by atoms with Crippen LogP contribution in [-0.4, -0.2) is 25.4 Å². The molecule has 0 saturated carbocycles. The maximum absolute atomic E-state index is 13.1. The number of halogens is 1. The molecular weight excluding hydrogens is 532 g/mol.